The second kappa shape index (κ2) is 7.14. The monoisotopic (exact) mass is 262 g/mol. The van der Waals surface area contributed by atoms with Crippen LogP contribution in [0.15, 0.2) is 24.3 Å². The second-order valence-electron chi connectivity index (χ2n) is 4.86. The van der Waals surface area contributed by atoms with Gasteiger partial charge in [-0.1, -0.05) is 0 Å². The first kappa shape index (κ1) is 13.9. The normalized spacial score (nSPS) is 16.1. The van der Waals surface area contributed by atoms with E-state index in [0.29, 0.717) is 18.1 Å². The molecule has 0 saturated carbocycles. The molecule has 1 aromatic rings. The number of carbonyl (C=O) groups is 1. The van der Waals surface area contributed by atoms with Crippen LogP contribution in [0.2, 0.25) is 0 Å². The Morgan fingerprint density at radius 2 is 2.00 bits per heavy atom. The van der Waals surface area contributed by atoms with Crippen LogP contribution in [0.4, 0.5) is 0 Å². The van der Waals surface area contributed by atoms with Crippen molar-refractivity contribution in [1.82, 2.24) is 10.6 Å². The number of hydrogen-bond acceptors (Lipinski definition) is 3. The summed E-state index contributed by atoms with van der Waals surface area (Å²) in [7, 11) is 0. The van der Waals surface area contributed by atoms with Crippen molar-refractivity contribution in [3.8, 4) is 5.75 Å². The summed E-state index contributed by atoms with van der Waals surface area (Å²) >= 11 is 0. The molecule has 0 aromatic heterocycles. The van der Waals surface area contributed by atoms with Gasteiger partial charge in [-0.3, -0.25) is 4.79 Å². The van der Waals surface area contributed by atoms with Crippen molar-refractivity contribution >= 4 is 5.91 Å². The van der Waals surface area contributed by atoms with Gasteiger partial charge >= 0.3 is 0 Å². The fourth-order valence-corrected chi connectivity index (χ4v) is 2.29. The molecule has 0 atom stereocenters. The van der Waals surface area contributed by atoms with E-state index >= 15 is 0 Å². The number of hydrogen-bond donors (Lipinski definition) is 2. The van der Waals surface area contributed by atoms with E-state index in [1.807, 2.05) is 31.2 Å². The first-order chi connectivity index (χ1) is 9.29. The zero-order valence-corrected chi connectivity index (χ0v) is 11.4. The maximum atomic E-state index is 12.0. The molecule has 19 heavy (non-hydrogen) atoms. The van der Waals surface area contributed by atoms with E-state index < -0.39 is 0 Å². The van der Waals surface area contributed by atoms with Crippen LogP contribution in [0.3, 0.4) is 0 Å². The lowest BCUT2D eigenvalue weighted by molar-refractivity contribution is 0.0944. The Labute approximate surface area is 114 Å². The Kier molecular flexibility index (Phi) is 5.21. The number of carbonyl (C=O) groups excluding carboxylic acids is 1. The average molecular weight is 262 g/mol. The highest BCUT2D eigenvalue weighted by molar-refractivity contribution is 5.94. The van der Waals surface area contributed by atoms with Crippen molar-refractivity contribution in [2.75, 3.05) is 26.2 Å². The van der Waals surface area contributed by atoms with E-state index in [9.17, 15) is 4.79 Å². The Morgan fingerprint density at radius 1 is 1.32 bits per heavy atom. The maximum Gasteiger partial charge on any atom is 0.251 e. The maximum absolute atomic E-state index is 12.0. The Hall–Kier alpha value is -1.55. The van der Waals surface area contributed by atoms with Gasteiger partial charge in [0.25, 0.3) is 5.91 Å². The van der Waals surface area contributed by atoms with Gasteiger partial charge in [-0.15, -0.1) is 0 Å². The van der Waals surface area contributed by atoms with Gasteiger partial charge in [0.2, 0.25) is 0 Å². The molecule has 0 spiro atoms. The average Bonchev–Trinajstić information content (AvgIpc) is 2.47. The lowest BCUT2D eigenvalue weighted by Crippen LogP contribution is -2.35. The molecule has 0 radical (unpaired) electrons. The highest BCUT2D eigenvalue weighted by atomic mass is 16.5. The van der Waals surface area contributed by atoms with E-state index in [-0.39, 0.29) is 5.91 Å². The first-order valence-electron chi connectivity index (χ1n) is 7.01. The fourth-order valence-electron chi connectivity index (χ4n) is 2.29. The van der Waals surface area contributed by atoms with Crippen LogP contribution in [-0.4, -0.2) is 32.1 Å². The van der Waals surface area contributed by atoms with Crippen LogP contribution in [0.1, 0.15) is 30.1 Å². The lowest BCUT2D eigenvalue weighted by atomic mass is 9.98. The fraction of sp³-hybridized carbons (Fsp3) is 0.533. The van der Waals surface area contributed by atoms with E-state index in [1.165, 1.54) is 0 Å². The van der Waals surface area contributed by atoms with Crippen molar-refractivity contribution in [2.45, 2.75) is 19.8 Å². The summed E-state index contributed by atoms with van der Waals surface area (Å²) in [4.78, 5) is 12.0. The number of benzene rings is 1. The predicted molar refractivity (Wildman–Crippen MR) is 75.5 cm³/mol. The number of rotatable bonds is 5. The van der Waals surface area contributed by atoms with Gasteiger partial charge in [0.05, 0.1) is 6.61 Å². The van der Waals surface area contributed by atoms with Crippen LogP contribution in [0, 0.1) is 5.92 Å². The van der Waals surface area contributed by atoms with E-state index in [0.717, 1.165) is 38.2 Å². The molecular formula is C15H22N2O2. The quantitative estimate of drug-likeness (QED) is 0.851. The van der Waals surface area contributed by atoms with Gasteiger partial charge in [0.1, 0.15) is 5.75 Å². The third-order valence-corrected chi connectivity index (χ3v) is 3.44. The molecule has 0 aliphatic carbocycles. The van der Waals surface area contributed by atoms with Crippen molar-refractivity contribution < 1.29 is 9.53 Å². The SMILES string of the molecule is CCOc1ccc(C(=O)NCC2CCNCC2)cc1. The molecule has 2 rings (SSSR count). The summed E-state index contributed by atoms with van der Waals surface area (Å²) in [5.74, 6) is 1.41. The highest BCUT2D eigenvalue weighted by Gasteiger charge is 2.14. The molecular weight excluding hydrogens is 240 g/mol. The summed E-state index contributed by atoms with van der Waals surface area (Å²) in [5.41, 5.74) is 0.692. The van der Waals surface area contributed by atoms with E-state index in [1.54, 1.807) is 0 Å². The van der Waals surface area contributed by atoms with Crippen LogP contribution in [0.5, 0.6) is 5.75 Å². The van der Waals surface area contributed by atoms with Crippen molar-refractivity contribution in [3.05, 3.63) is 29.8 Å². The van der Waals surface area contributed by atoms with E-state index in [4.69, 9.17) is 4.74 Å². The van der Waals surface area contributed by atoms with Crippen LogP contribution in [-0.2, 0) is 0 Å². The van der Waals surface area contributed by atoms with Crippen molar-refractivity contribution in [2.24, 2.45) is 5.92 Å². The topological polar surface area (TPSA) is 50.4 Å². The minimum Gasteiger partial charge on any atom is -0.494 e. The Morgan fingerprint density at radius 3 is 2.63 bits per heavy atom. The van der Waals surface area contributed by atoms with Gasteiger partial charge < -0.3 is 15.4 Å². The molecule has 1 fully saturated rings. The Bertz CT molecular complexity index is 397. The van der Waals surface area contributed by atoms with Gasteiger partial charge in [0.15, 0.2) is 0 Å². The summed E-state index contributed by atoms with van der Waals surface area (Å²) in [6.07, 6.45) is 2.28. The molecule has 0 bridgehead atoms. The molecule has 1 aliphatic heterocycles. The van der Waals surface area contributed by atoms with Crippen LogP contribution < -0.4 is 15.4 Å². The largest absolute Gasteiger partial charge is 0.494 e. The minimum absolute atomic E-state index is 0.00146. The number of piperidine rings is 1. The van der Waals surface area contributed by atoms with Crippen LogP contribution >= 0.6 is 0 Å². The van der Waals surface area contributed by atoms with Crippen molar-refractivity contribution in [3.63, 3.8) is 0 Å². The Balaban J connectivity index is 1.81. The molecule has 4 nitrogen and oxygen atoms in total. The lowest BCUT2D eigenvalue weighted by Gasteiger charge is -2.22. The molecule has 0 unspecified atom stereocenters. The number of ether oxygens (including phenoxy) is 1. The summed E-state index contributed by atoms with van der Waals surface area (Å²) < 4.78 is 5.36. The van der Waals surface area contributed by atoms with Gasteiger partial charge in [-0.05, 0) is 63.0 Å². The molecule has 1 amide bonds. The molecule has 1 saturated heterocycles. The third kappa shape index (κ3) is 4.24. The smallest absolute Gasteiger partial charge is 0.251 e. The highest BCUT2D eigenvalue weighted by Crippen LogP contribution is 2.13. The van der Waals surface area contributed by atoms with Gasteiger partial charge in [-0.2, -0.15) is 0 Å². The summed E-state index contributed by atoms with van der Waals surface area (Å²) in [5, 5.41) is 6.34. The molecule has 1 heterocycles. The van der Waals surface area contributed by atoms with Gasteiger partial charge in [-0.25, -0.2) is 0 Å². The third-order valence-electron chi connectivity index (χ3n) is 3.44. The first-order valence-corrected chi connectivity index (χ1v) is 7.01. The number of nitrogens with one attached hydrogen (secondary N) is 2. The molecule has 1 aliphatic rings. The van der Waals surface area contributed by atoms with E-state index in [2.05, 4.69) is 10.6 Å². The second-order valence-corrected chi connectivity index (χ2v) is 4.86. The zero-order valence-electron chi connectivity index (χ0n) is 11.4. The standard InChI is InChI=1S/C15H22N2O2/c1-2-19-14-5-3-13(4-6-14)15(18)17-11-12-7-9-16-10-8-12/h3-6,12,16H,2,7-11H2,1H3,(H,17,18). The summed E-state index contributed by atoms with van der Waals surface area (Å²) in [6.45, 7) is 5.47. The number of amides is 1. The molecule has 4 heteroatoms. The van der Waals surface area contributed by atoms with Crippen molar-refractivity contribution in [1.29, 1.82) is 0 Å². The molecule has 2 N–H and O–H groups in total. The summed E-state index contributed by atoms with van der Waals surface area (Å²) in [6, 6.07) is 7.29. The van der Waals surface area contributed by atoms with Crippen LogP contribution in [0.25, 0.3) is 0 Å². The van der Waals surface area contributed by atoms with Gasteiger partial charge in [0, 0.05) is 12.1 Å². The molecule has 104 valence electrons. The molecule has 1 aromatic carbocycles. The predicted octanol–water partition coefficient (Wildman–Crippen LogP) is 1.81. The zero-order chi connectivity index (χ0) is 13.5. The minimum atomic E-state index is 0.00146.